The molecule has 128 valence electrons. The largest absolute Gasteiger partial charge is 0.317 e. The van der Waals surface area contributed by atoms with Crippen molar-refractivity contribution in [3.05, 3.63) is 10.6 Å². The van der Waals surface area contributed by atoms with Crippen LogP contribution in [0.1, 0.15) is 49.6 Å². The standard InChI is InChI=1S/C17H25N3OS.ClH/c1-2-11-3-4-13-14(9-11)22-16(19-13)20-15(21)12-10-17(12)5-7-18-8-6-17;/h11-12,18H,2-10H2,1H3,(H,19,20,21);1H. The molecule has 2 atom stereocenters. The number of nitrogens with zero attached hydrogens (tertiary/aromatic N) is 1. The fraction of sp³-hybridized carbons (Fsp3) is 0.765. The predicted molar refractivity (Wildman–Crippen MR) is 96.4 cm³/mol. The molecule has 0 aromatic carbocycles. The van der Waals surface area contributed by atoms with Gasteiger partial charge in [0.25, 0.3) is 0 Å². The summed E-state index contributed by atoms with van der Waals surface area (Å²) >= 11 is 1.71. The third-order valence-corrected chi connectivity index (χ3v) is 6.99. The van der Waals surface area contributed by atoms with Gasteiger partial charge in [-0.05, 0) is 62.9 Å². The molecule has 1 aliphatic heterocycles. The Bertz CT molecular complexity index is 582. The van der Waals surface area contributed by atoms with E-state index in [1.807, 2.05) is 0 Å². The predicted octanol–water partition coefficient (Wildman–Crippen LogP) is 3.41. The van der Waals surface area contributed by atoms with E-state index in [0.29, 0.717) is 5.41 Å². The summed E-state index contributed by atoms with van der Waals surface area (Å²) in [5.41, 5.74) is 1.54. The summed E-state index contributed by atoms with van der Waals surface area (Å²) < 4.78 is 0. The minimum absolute atomic E-state index is 0. The molecule has 4 rings (SSSR count). The summed E-state index contributed by atoms with van der Waals surface area (Å²) in [7, 11) is 0. The lowest BCUT2D eigenvalue weighted by atomic mass is 9.89. The molecule has 2 fully saturated rings. The van der Waals surface area contributed by atoms with Gasteiger partial charge < -0.3 is 10.6 Å². The molecule has 1 aromatic rings. The number of carbonyl (C=O) groups is 1. The molecule has 0 bridgehead atoms. The highest BCUT2D eigenvalue weighted by Crippen LogP contribution is 2.58. The maximum absolute atomic E-state index is 12.5. The van der Waals surface area contributed by atoms with Gasteiger partial charge in [0.05, 0.1) is 5.69 Å². The topological polar surface area (TPSA) is 54.0 Å². The smallest absolute Gasteiger partial charge is 0.229 e. The number of thiazole rings is 1. The number of amides is 1. The van der Waals surface area contributed by atoms with Crippen LogP contribution in [0.2, 0.25) is 0 Å². The van der Waals surface area contributed by atoms with E-state index < -0.39 is 0 Å². The lowest BCUT2D eigenvalue weighted by Gasteiger charge is -2.22. The van der Waals surface area contributed by atoms with Gasteiger partial charge in [-0.15, -0.1) is 23.7 Å². The van der Waals surface area contributed by atoms with Crippen LogP contribution in [-0.4, -0.2) is 24.0 Å². The maximum atomic E-state index is 12.5. The number of aromatic nitrogens is 1. The molecule has 2 N–H and O–H groups in total. The summed E-state index contributed by atoms with van der Waals surface area (Å²) in [6.45, 7) is 4.40. The van der Waals surface area contributed by atoms with E-state index in [4.69, 9.17) is 0 Å². The van der Waals surface area contributed by atoms with Crippen LogP contribution >= 0.6 is 23.7 Å². The van der Waals surface area contributed by atoms with Crippen molar-refractivity contribution in [2.24, 2.45) is 17.3 Å². The Morgan fingerprint density at radius 3 is 2.96 bits per heavy atom. The second kappa shape index (κ2) is 6.69. The lowest BCUT2D eigenvalue weighted by Crippen LogP contribution is -2.31. The van der Waals surface area contributed by atoms with Crippen LogP contribution in [0, 0.1) is 17.3 Å². The van der Waals surface area contributed by atoms with Gasteiger partial charge in [-0.1, -0.05) is 13.3 Å². The number of rotatable bonds is 3. The van der Waals surface area contributed by atoms with Crippen molar-refractivity contribution >= 4 is 34.8 Å². The lowest BCUT2D eigenvalue weighted by molar-refractivity contribution is -0.118. The molecule has 0 radical (unpaired) electrons. The van der Waals surface area contributed by atoms with Crippen LogP contribution in [-0.2, 0) is 17.6 Å². The maximum Gasteiger partial charge on any atom is 0.229 e. The molecule has 4 nitrogen and oxygen atoms in total. The van der Waals surface area contributed by atoms with E-state index in [1.165, 1.54) is 23.4 Å². The first-order chi connectivity index (χ1) is 10.7. The Balaban J connectivity index is 0.00000156. The quantitative estimate of drug-likeness (QED) is 0.873. The second-order valence-corrected chi connectivity index (χ2v) is 8.35. The van der Waals surface area contributed by atoms with Crippen molar-refractivity contribution in [2.75, 3.05) is 18.4 Å². The Hall–Kier alpha value is -0.650. The van der Waals surface area contributed by atoms with E-state index in [9.17, 15) is 4.79 Å². The molecular weight excluding hydrogens is 330 g/mol. The molecule has 2 heterocycles. The Morgan fingerprint density at radius 2 is 2.22 bits per heavy atom. The number of carbonyl (C=O) groups excluding carboxylic acids is 1. The van der Waals surface area contributed by atoms with Crippen LogP contribution < -0.4 is 10.6 Å². The monoisotopic (exact) mass is 355 g/mol. The van der Waals surface area contributed by atoms with Gasteiger partial charge >= 0.3 is 0 Å². The normalized spacial score (nSPS) is 27.9. The number of halogens is 1. The van der Waals surface area contributed by atoms with Crippen LogP contribution in [0.4, 0.5) is 5.13 Å². The molecule has 1 spiro atoms. The van der Waals surface area contributed by atoms with Crippen molar-refractivity contribution in [2.45, 2.75) is 51.9 Å². The van der Waals surface area contributed by atoms with Crippen molar-refractivity contribution in [1.29, 1.82) is 0 Å². The van der Waals surface area contributed by atoms with E-state index in [2.05, 4.69) is 22.5 Å². The first kappa shape index (κ1) is 17.2. The zero-order chi connectivity index (χ0) is 15.2. The molecule has 1 amide bonds. The van der Waals surface area contributed by atoms with E-state index in [0.717, 1.165) is 56.2 Å². The first-order valence-electron chi connectivity index (χ1n) is 8.70. The number of nitrogens with one attached hydrogen (secondary N) is 2. The molecule has 6 heteroatoms. The third kappa shape index (κ3) is 3.28. The van der Waals surface area contributed by atoms with E-state index in [-0.39, 0.29) is 24.2 Å². The van der Waals surface area contributed by atoms with Crippen LogP contribution in [0.25, 0.3) is 0 Å². The summed E-state index contributed by atoms with van der Waals surface area (Å²) in [6, 6.07) is 0. The number of piperidine rings is 1. The minimum Gasteiger partial charge on any atom is -0.317 e. The molecular formula is C17H26ClN3OS. The van der Waals surface area contributed by atoms with Crippen molar-refractivity contribution in [1.82, 2.24) is 10.3 Å². The zero-order valence-electron chi connectivity index (χ0n) is 13.7. The highest BCUT2D eigenvalue weighted by molar-refractivity contribution is 7.15. The van der Waals surface area contributed by atoms with Gasteiger partial charge in [0.2, 0.25) is 5.91 Å². The van der Waals surface area contributed by atoms with Gasteiger partial charge in [-0.2, -0.15) is 0 Å². The number of anilines is 1. The fourth-order valence-electron chi connectivity index (χ4n) is 4.23. The first-order valence-corrected chi connectivity index (χ1v) is 9.52. The van der Waals surface area contributed by atoms with Crippen LogP contribution in [0.15, 0.2) is 0 Å². The second-order valence-electron chi connectivity index (χ2n) is 7.26. The Labute approximate surface area is 148 Å². The minimum atomic E-state index is 0. The SMILES string of the molecule is CCC1CCc2nc(NC(=O)C3CC34CCNCC4)sc2C1.Cl. The fourth-order valence-corrected chi connectivity index (χ4v) is 5.36. The van der Waals surface area contributed by atoms with Crippen molar-refractivity contribution < 1.29 is 4.79 Å². The third-order valence-electron chi connectivity index (χ3n) is 5.95. The molecule has 1 saturated heterocycles. The molecule has 2 aliphatic carbocycles. The van der Waals surface area contributed by atoms with E-state index in [1.54, 1.807) is 11.3 Å². The Kier molecular flexibility index (Phi) is 5.00. The molecule has 2 unspecified atom stereocenters. The van der Waals surface area contributed by atoms with Gasteiger partial charge in [0, 0.05) is 10.8 Å². The number of hydrogen-bond acceptors (Lipinski definition) is 4. The highest BCUT2D eigenvalue weighted by Gasteiger charge is 2.57. The molecule has 1 saturated carbocycles. The number of fused-ring (bicyclic) bond motifs is 1. The summed E-state index contributed by atoms with van der Waals surface area (Å²) in [5, 5.41) is 7.34. The van der Waals surface area contributed by atoms with Crippen LogP contribution in [0.3, 0.4) is 0 Å². The number of aryl methyl sites for hydroxylation is 1. The summed E-state index contributed by atoms with van der Waals surface area (Å²) in [4.78, 5) is 18.6. The average Bonchev–Trinajstić information content (AvgIpc) is 3.07. The molecule has 23 heavy (non-hydrogen) atoms. The highest BCUT2D eigenvalue weighted by atomic mass is 35.5. The summed E-state index contributed by atoms with van der Waals surface area (Å²) in [6.07, 6.45) is 8.10. The van der Waals surface area contributed by atoms with Crippen molar-refractivity contribution in [3.63, 3.8) is 0 Å². The van der Waals surface area contributed by atoms with Crippen LogP contribution in [0.5, 0.6) is 0 Å². The Morgan fingerprint density at radius 1 is 1.43 bits per heavy atom. The van der Waals surface area contributed by atoms with Gasteiger partial charge in [0.15, 0.2) is 5.13 Å². The average molecular weight is 356 g/mol. The van der Waals surface area contributed by atoms with Crippen molar-refractivity contribution in [3.8, 4) is 0 Å². The van der Waals surface area contributed by atoms with Gasteiger partial charge in [-0.3, -0.25) is 4.79 Å². The number of hydrogen-bond donors (Lipinski definition) is 2. The van der Waals surface area contributed by atoms with Gasteiger partial charge in [0.1, 0.15) is 0 Å². The van der Waals surface area contributed by atoms with Gasteiger partial charge in [-0.25, -0.2) is 4.98 Å². The molecule has 3 aliphatic rings. The zero-order valence-corrected chi connectivity index (χ0v) is 15.3. The molecule has 1 aromatic heterocycles. The summed E-state index contributed by atoms with van der Waals surface area (Å²) in [5.74, 6) is 1.23. The van der Waals surface area contributed by atoms with E-state index >= 15 is 0 Å².